The monoisotopic (exact) mass is 274 g/mol. The van der Waals surface area contributed by atoms with Gasteiger partial charge in [0.15, 0.2) is 0 Å². The van der Waals surface area contributed by atoms with Crippen molar-refractivity contribution in [1.82, 2.24) is 0 Å². The summed E-state index contributed by atoms with van der Waals surface area (Å²) in [7, 11) is 0. The van der Waals surface area contributed by atoms with Gasteiger partial charge in [0.25, 0.3) is 0 Å². The zero-order chi connectivity index (χ0) is 15.1. The van der Waals surface area contributed by atoms with Crippen LogP contribution in [0.1, 0.15) is 24.5 Å². The largest absolute Gasteiger partial charge is 0.478 e. The van der Waals surface area contributed by atoms with Crippen molar-refractivity contribution in [2.75, 3.05) is 6.61 Å². The van der Waals surface area contributed by atoms with Gasteiger partial charge < -0.3 is 9.84 Å². The third-order valence-electron chi connectivity index (χ3n) is 2.65. The fourth-order valence-electron chi connectivity index (χ4n) is 1.48. The maximum absolute atomic E-state index is 11.2. The van der Waals surface area contributed by atoms with Crippen LogP contribution in [0, 0.1) is 6.92 Å². The Morgan fingerprint density at radius 2 is 1.90 bits per heavy atom. The number of rotatable bonds is 6. The predicted molar refractivity (Wildman–Crippen MR) is 77.2 cm³/mol. The van der Waals surface area contributed by atoms with Gasteiger partial charge in [-0.2, -0.15) is 0 Å². The molecule has 0 saturated carbocycles. The smallest absolute Gasteiger partial charge is 0.333 e. The summed E-state index contributed by atoms with van der Waals surface area (Å²) in [5.74, 6) is -1.53. The molecule has 20 heavy (non-hydrogen) atoms. The van der Waals surface area contributed by atoms with Crippen molar-refractivity contribution < 1.29 is 19.4 Å². The number of hydrogen-bond donors (Lipinski definition) is 1. The van der Waals surface area contributed by atoms with Gasteiger partial charge in [0.05, 0.1) is 6.61 Å². The van der Waals surface area contributed by atoms with E-state index in [2.05, 4.69) is 6.58 Å². The second-order valence-electron chi connectivity index (χ2n) is 4.55. The number of hydrogen-bond acceptors (Lipinski definition) is 3. The number of aliphatic carboxylic acids is 1. The molecular formula is C16H18O4. The van der Waals surface area contributed by atoms with Gasteiger partial charge in [-0.1, -0.05) is 36.4 Å². The molecule has 0 aliphatic carbocycles. The minimum atomic E-state index is -1.02. The van der Waals surface area contributed by atoms with Crippen LogP contribution >= 0.6 is 0 Å². The molecular weight excluding hydrogens is 256 g/mol. The average Bonchev–Trinajstić information content (AvgIpc) is 2.39. The van der Waals surface area contributed by atoms with Gasteiger partial charge >= 0.3 is 11.9 Å². The fourth-order valence-corrected chi connectivity index (χ4v) is 1.48. The van der Waals surface area contributed by atoms with Gasteiger partial charge in [0, 0.05) is 17.6 Å². The molecule has 0 unspecified atom stereocenters. The molecule has 0 radical (unpaired) electrons. The summed E-state index contributed by atoms with van der Waals surface area (Å²) in [5.41, 5.74) is 2.40. The second kappa shape index (κ2) is 7.28. The molecule has 0 atom stereocenters. The van der Waals surface area contributed by atoms with E-state index in [9.17, 15) is 9.59 Å². The standard InChI is InChI=1S/C16H18O4/c1-11(2)16(19)20-9-8-14(15(17)18)10-13-6-4-12(3)5-7-13/h4-7,10H,1,8-9H2,2-3H3,(H,17,18). The van der Waals surface area contributed by atoms with Crippen LogP contribution in [0.5, 0.6) is 0 Å². The van der Waals surface area contributed by atoms with Gasteiger partial charge in [-0.15, -0.1) is 0 Å². The van der Waals surface area contributed by atoms with E-state index >= 15 is 0 Å². The Morgan fingerprint density at radius 1 is 1.30 bits per heavy atom. The van der Waals surface area contributed by atoms with Gasteiger partial charge in [-0.3, -0.25) is 0 Å². The van der Waals surface area contributed by atoms with Crippen LogP contribution in [-0.2, 0) is 14.3 Å². The highest BCUT2D eigenvalue weighted by Gasteiger charge is 2.09. The third kappa shape index (κ3) is 5.10. The molecule has 0 bridgehead atoms. The van der Waals surface area contributed by atoms with Gasteiger partial charge in [-0.25, -0.2) is 9.59 Å². The highest BCUT2D eigenvalue weighted by atomic mass is 16.5. The number of benzene rings is 1. The van der Waals surface area contributed by atoms with Crippen LogP contribution in [0.3, 0.4) is 0 Å². The lowest BCUT2D eigenvalue weighted by atomic mass is 10.1. The summed E-state index contributed by atoms with van der Waals surface area (Å²) < 4.78 is 4.90. The Bertz CT molecular complexity index is 538. The van der Waals surface area contributed by atoms with Crippen molar-refractivity contribution in [2.45, 2.75) is 20.3 Å². The van der Waals surface area contributed by atoms with Crippen molar-refractivity contribution >= 4 is 18.0 Å². The van der Waals surface area contributed by atoms with Crippen LogP contribution in [0.25, 0.3) is 6.08 Å². The molecule has 4 nitrogen and oxygen atoms in total. The Hall–Kier alpha value is -2.36. The van der Waals surface area contributed by atoms with E-state index in [0.717, 1.165) is 11.1 Å². The van der Waals surface area contributed by atoms with Crippen LogP contribution in [-0.4, -0.2) is 23.7 Å². The molecule has 0 aliphatic heterocycles. The van der Waals surface area contributed by atoms with Crippen LogP contribution < -0.4 is 0 Å². The summed E-state index contributed by atoms with van der Waals surface area (Å²) in [4.78, 5) is 22.4. The van der Waals surface area contributed by atoms with Crippen molar-refractivity contribution in [3.8, 4) is 0 Å². The first kappa shape index (κ1) is 15.7. The van der Waals surface area contributed by atoms with E-state index in [1.807, 2.05) is 31.2 Å². The Morgan fingerprint density at radius 3 is 2.40 bits per heavy atom. The lowest BCUT2D eigenvalue weighted by Gasteiger charge is -2.05. The molecule has 0 heterocycles. The quantitative estimate of drug-likeness (QED) is 0.640. The Balaban J connectivity index is 2.70. The number of carboxylic acid groups (broad SMARTS) is 1. The summed E-state index contributed by atoms with van der Waals surface area (Å²) >= 11 is 0. The zero-order valence-corrected chi connectivity index (χ0v) is 11.7. The molecule has 0 saturated heterocycles. The van der Waals surface area contributed by atoms with Crippen LogP contribution in [0.15, 0.2) is 42.0 Å². The molecule has 1 aromatic rings. The maximum atomic E-state index is 11.2. The normalized spacial score (nSPS) is 11.0. The van der Waals surface area contributed by atoms with Crippen molar-refractivity contribution in [3.63, 3.8) is 0 Å². The maximum Gasteiger partial charge on any atom is 0.333 e. The number of esters is 1. The average molecular weight is 274 g/mol. The second-order valence-corrected chi connectivity index (χ2v) is 4.55. The van der Waals surface area contributed by atoms with Gasteiger partial charge in [-0.05, 0) is 25.5 Å². The molecule has 1 aromatic carbocycles. The molecule has 0 aromatic heterocycles. The number of carbonyl (C=O) groups excluding carboxylic acids is 1. The molecule has 0 amide bonds. The van der Waals surface area contributed by atoms with E-state index < -0.39 is 11.9 Å². The van der Waals surface area contributed by atoms with Crippen molar-refractivity contribution in [3.05, 3.63) is 53.1 Å². The van der Waals surface area contributed by atoms with E-state index in [1.54, 1.807) is 13.0 Å². The summed E-state index contributed by atoms with van der Waals surface area (Å²) in [6, 6.07) is 7.51. The first-order valence-electron chi connectivity index (χ1n) is 6.23. The zero-order valence-electron chi connectivity index (χ0n) is 11.7. The summed E-state index contributed by atoms with van der Waals surface area (Å²) in [6.07, 6.45) is 1.73. The third-order valence-corrected chi connectivity index (χ3v) is 2.65. The minimum absolute atomic E-state index is 0.0235. The topological polar surface area (TPSA) is 63.6 Å². The number of ether oxygens (including phenoxy) is 1. The molecule has 0 spiro atoms. The first-order chi connectivity index (χ1) is 9.40. The van der Waals surface area contributed by atoms with Crippen molar-refractivity contribution in [2.24, 2.45) is 0 Å². The van der Waals surface area contributed by atoms with Crippen LogP contribution in [0.4, 0.5) is 0 Å². The molecule has 0 fully saturated rings. The number of carboxylic acids is 1. The van der Waals surface area contributed by atoms with E-state index in [-0.39, 0.29) is 18.6 Å². The lowest BCUT2D eigenvalue weighted by Crippen LogP contribution is -2.09. The van der Waals surface area contributed by atoms with E-state index in [0.29, 0.717) is 5.57 Å². The SMILES string of the molecule is C=C(C)C(=O)OCCC(=Cc1ccc(C)cc1)C(=O)O. The van der Waals surface area contributed by atoms with Gasteiger partial charge in [0.1, 0.15) is 0 Å². The number of aryl methyl sites for hydroxylation is 1. The highest BCUT2D eigenvalue weighted by molar-refractivity contribution is 5.92. The predicted octanol–water partition coefficient (Wildman–Crippen LogP) is 2.97. The Labute approximate surface area is 118 Å². The minimum Gasteiger partial charge on any atom is -0.478 e. The van der Waals surface area contributed by atoms with E-state index in [1.165, 1.54) is 0 Å². The Kier molecular flexibility index (Phi) is 5.72. The molecule has 106 valence electrons. The van der Waals surface area contributed by atoms with Crippen LogP contribution in [0.2, 0.25) is 0 Å². The molecule has 1 rings (SSSR count). The van der Waals surface area contributed by atoms with Gasteiger partial charge in [0.2, 0.25) is 0 Å². The summed E-state index contributed by atoms with van der Waals surface area (Å²) in [5, 5.41) is 9.14. The fraction of sp³-hybridized carbons (Fsp3) is 0.250. The highest BCUT2D eigenvalue weighted by Crippen LogP contribution is 2.12. The molecule has 1 N–H and O–H groups in total. The number of carbonyl (C=O) groups is 2. The first-order valence-corrected chi connectivity index (χ1v) is 6.23. The van der Waals surface area contributed by atoms with E-state index in [4.69, 9.17) is 9.84 Å². The lowest BCUT2D eigenvalue weighted by molar-refractivity contribution is -0.139. The summed E-state index contributed by atoms with van der Waals surface area (Å²) in [6.45, 7) is 6.99. The molecule has 4 heteroatoms. The van der Waals surface area contributed by atoms with Crippen molar-refractivity contribution in [1.29, 1.82) is 0 Å². The molecule has 0 aliphatic rings.